The van der Waals surface area contributed by atoms with Crippen molar-refractivity contribution < 1.29 is 31.5 Å². The maximum atomic E-state index is 12.4. The molecule has 1 saturated heterocycles. The molecule has 0 aromatic heterocycles. The maximum absolute atomic E-state index is 12.4. The monoisotopic (exact) mass is 378 g/mol. The molecule has 1 aliphatic heterocycles. The number of anilines is 1. The normalized spacial score (nSPS) is 18.6. The Morgan fingerprint density at radius 3 is 2.58 bits per heavy atom. The first kappa shape index (κ1) is 18.6. The number of rotatable bonds is 6. The van der Waals surface area contributed by atoms with Crippen molar-refractivity contribution in [3.05, 3.63) is 18.2 Å². The number of carbonyl (C=O) groups is 1. The molecule has 134 valence electrons. The van der Waals surface area contributed by atoms with Crippen molar-refractivity contribution in [2.24, 2.45) is 0 Å². The first-order valence-electron chi connectivity index (χ1n) is 6.99. The van der Waals surface area contributed by atoms with Gasteiger partial charge in [-0.05, 0) is 25.1 Å². The molecule has 1 atom stereocenters. The number of hydrogen-bond donors (Lipinski definition) is 2. The molecular weight excluding hydrogens is 360 g/mol. The molecule has 1 aliphatic rings. The van der Waals surface area contributed by atoms with E-state index in [1.807, 2.05) is 0 Å². The number of benzene rings is 1. The summed E-state index contributed by atoms with van der Waals surface area (Å²) in [5.41, 5.74) is -0.0738. The molecule has 1 aromatic carbocycles. The minimum absolute atomic E-state index is 0.0135. The Labute approximate surface area is 140 Å². The van der Waals surface area contributed by atoms with E-state index >= 15 is 0 Å². The third-order valence-corrected chi connectivity index (χ3v) is 6.68. The highest BCUT2D eigenvalue weighted by atomic mass is 32.2. The van der Waals surface area contributed by atoms with E-state index in [-0.39, 0.29) is 28.5 Å². The molecule has 1 heterocycles. The number of methoxy groups -OCH3 is 1. The van der Waals surface area contributed by atoms with Crippen LogP contribution in [0.25, 0.3) is 0 Å². The Morgan fingerprint density at radius 2 is 2.08 bits per heavy atom. The van der Waals surface area contributed by atoms with Gasteiger partial charge >= 0.3 is 0 Å². The standard InChI is InChI=1S/C13H18N2O7S2/c1-9(8-16)14-24(20,21)12-7-10(3-4-11(12)22-2)15-13(17)5-6-23(15,18)19/h3-4,7,9,14,16H,5-6,8H2,1-2H3/t9-/m0/s1. The average molecular weight is 378 g/mol. The van der Waals surface area contributed by atoms with Crippen LogP contribution in [0.15, 0.2) is 23.1 Å². The molecule has 1 amide bonds. The molecule has 0 spiro atoms. The van der Waals surface area contributed by atoms with Crippen LogP contribution in [-0.2, 0) is 24.8 Å². The molecule has 0 radical (unpaired) electrons. The minimum atomic E-state index is -4.09. The highest BCUT2D eigenvalue weighted by molar-refractivity contribution is 7.94. The molecule has 9 nitrogen and oxygen atoms in total. The fourth-order valence-corrected chi connectivity index (χ4v) is 5.11. The molecule has 0 aliphatic carbocycles. The number of hydrogen-bond acceptors (Lipinski definition) is 7. The van der Waals surface area contributed by atoms with E-state index in [1.165, 1.54) is 26.2 Å². The fraction of sp³-hybridized carbons (Fsp3) is 0.462. The molecule has 0 saturated carbocycles. The Balaban J connectivity index is 2.55. The lowest BCUT2D eigenvalue weighted by Crippen LogP contribution is -2.35. The van der Waals surface area contributed by atoms with Crippen molar-refractivity contribution in [3.63, 3.8) is 0 Å². The van der Waals surface area contributed by atoms with Crippen LogP contribution in [0.1, 0.15) is 13.3 Å². The maximum Gasteiger partial charge on any atom is 0.244 e. The van der Waals surface area contributed by atoms with E-state index in [1.54, 1.807) is 0 Å². The topological polar surface area (TPSA) is 130 Å². The van der Waals surface area contributed by atoms with E-state index in [4.69, 9.17) is 9.84 Å². The summed E-state index contributed by atoms with van der Waals surface area (Å²) in [7, 11) is -6.63. The lowest BCUT2D eigenvalue weighted by Gasteiger charge is -2.18. The summed E-state index contributed by atoms with van der Waals surface area (Å²) in [6.07, 6.45) is -0.157. The van der Waals surface area contributed by atoms with Crippen LogP contribution in [0.3, 0.4) is 0 Å². The van der Waals surface area contributed by atoms with Gasteiger partial charge in [0.25, 0.3) is 0 Å². The quantitative estimate of drug-likeness (QED) is 0.677. The fourth-order valence-electron chi connectivity index (χ4n) is 2.24. The number of carbonyl (C=O) groups excluding carboxylic acids is 1. The zero-order valence-corrected chi connectivity index (χ0v) is 14.7. The predicted molar refractivity (Wildman–Crippen MR) is 85.8 cm³/mol. The molecule has 0 bridgehead atoms. The lowest BCUT2D eigenvalue weighted by molar-refractivity contribution is -0.116. The number of nitrogens with one attached hydrogen (secondary N) is 1. The first-order valence-corrected chi connectivity index (χ1v) is 10.1. The van der Waals surface area contributed by atoms with Crippen molar-refractivity contribution in [2.45, 2.75) is 24.3 Å². The van der Waals surface area contributed by atoms with Gasteiger partial charge in [-0.15, -0.1) is 0 Å². The van der Waals surface area contributed by atoms with Crippen LogP contribution in [0, 0.1) is 0 Å². The molecule has 1 aromatic rings. The third-order valence-electron chi connectivity index (χ3n) is 3.38. The Hall–Kier alpha value is -1.69. The van der Waals surface area contributed by atoms with Crippen molar-refractivity contribution in [2.75, 3.05) is 23.8 Å². The predicted octanol–water partition coefficient (Wildman–Crippen LogP) is -0.579. The Morgan fingerprint density at radius 1 is 1.42 bits per heavy atom. The van der Waals surface area contributed by atoms with E-state index in [2.05, 4.69) is 4.72 Å². The second-order valence-electron chi connectivity index (χ2n) is 5.26. The van der Waals surface area contributed by atoms with Gasteiger partial charge in [-0.2, -0.15) is 0 Å². The van der Waals surface area contributed by atoms with Gasteiger partial charge in [0.2, 0.25) is 26.0 Å². The highest BCUT2D eigenvalue weighted by Gasteiger charge is 2.37. The van der Waals surface area contributed by atoms with Gasteiger partial charge in [0.1, 0.15) is 10.6 Å². The number of sulfonamides is 2. The van der Waals surface area contributed by atoms with E-state index in [9.17, 15) is 21.6 Å². The van der Waals surface area contributed by atoms with Crippen molar-refractivity contribution in [3.8, 4) is 5.75 Å². The first-order chi connectivity index (χ1) is 11.1. The number of nitrogens with zero attached hydrogens (tertiary/aromatic N) is 1. The highest BCUT2D eigenvalue weighted by Crippen LogP contribution is 2.32. The zero-order chi connectivity index (χ0) is 18.1. The second kappa shape index (κ2) is 6.67. The van der Waals surface area contributed by atoms with Gasteiger partial charge in [0.05, 0.1) is 25.2 Å². The summed E-state index contributed by atoms with van der Waals surface area (Å²) in [5.74, 6) is -0.958. The number of ether oxygens (including phenoxy) is 1. The van der Waals surface area contributed by atoms with Gasteiger partial charge in [-0.1, -0.05) is 0 Å². The lowest BCUT2D eigenvalue weighted by atomic mass is 10.3. The van der Waals surface area contributed by atoms with Crippen LogP contribution in [0.5, 0.6) is 5.75 Å². The Kier molecular flexibility index (Phi) is 5.18. The van der Waals surface area contributed by atoms with Gasteiger partial charge < -0.3 is 9.84 Å². The van der Waals surface area contributed by atoms with Gasteiger partial charge in [0, 0.05) is 12.5 Å². The SMILES string of the molecule is COc1ccc(N2C(=O)CCS2(=O)=O)cc1S(=O)(=O)N[C@@H](C)CO. The number of aliphatic hydroxyl groups is 1. The van der Waals surface area contributed by atoms with Crippen molar-refractivity contribution in [1.82, 2.24) is 4.72 Å². The van der Waals surface area contributed by atoms with Crippen LogP contribution in [0.2, 0.25) is 0 Å². The summed E-state index contributed by atoms with van der Waals surface area (Å²) >= 11 is 0. The average Bonchev–Trinajstić information content (AvgIpc) is 2.79. The summed E-state index contributed by atoms with van der Waals surface area (Å²) in [6.45, 7) is 1.04. The minimum Gasteiger partial charge on any atom is -0.495 e. The second-order valence-corrected chi connectivity index (χ2v) is 8.88. The summed E-state index contributed by atoms with van der Waals surface area (Å²) in [4.78, 5) is 11.5. The number of aliphatic hydroxyl groups excluding tert-OH is 1. The number of amides is 1. The van der Waals surface area contributed by atoms with Crippen molar-refractivity contribution >= 4 is 31.6 Å². The molecule has 11 heteroatoms. The van der Waals surface area contributed by atoms with Gasteiger partial charge in [-0.3, -0.25) is 4.79 Å². The van der Waals surface area contributed by atoms with Gasteiger partial charge in [-0.25, -0.2) is 25.9 Å². The van der Waals surface area contributed by atoms with Gasteiger partial charge in [0.15, 0.2) is 0 Å². The van der Waals surface area contributed by atoms with Crippen molar-refractivity contribution in [1.29, 1.82) is 0 Å². The Bertz CT molecular complexity index is 849. The van der Waals surface area contributed by atoms with E-state index in [0.717, 1.165) is 6.07 Å². The largest absolute Gasteiger partial charge is 0.495 e. The third kappa shape index (κ3) is 3.53. The van der Waals surface area contributed by atoms with Crippen LogP contribution >= 0.6 is 0 Å². The summed E-state index contributed by atoms with van der Waals surface area (Å²) in [5, 5.41) is 9.01. The van der Waals surface area contributed by atoms with E-state index in [0.29, 0.717) is 4.31 Å². The molecule has 2 N–H and O–H groups in total. The molecule has 0 unspecified atom stereocenters. The summed E-state index contributed by atoms with van der Waals surface area (Å²) in [6, 6.07) is 2.88. The zero-order valence-electron chi connectivity index (χ0n) is 13.1. The van der Waals surface area contributed by atoms with E-state index < -0.39 is 38.6 Å². The van der Waals surface area contributed by atoms with Crippen LogP contribution in [0.4, 0.5) is 5.69 Å². The smallest absolute Gasteiger partial charge is 0.244 e. The molecular formula is C13H18N2O7S2. The molecule has 2 rings (SSSR count). The summed E-state index contributed by atoms with van der Waals surface area (Å²) < 4.78 is 56.7. The molecule has 24 heavy (non-hydrogen) atoms. The van der Waals surface area contributed by atoms with Crippen LogP contribution in [-0.4, -0.2) is 53.4 Å². The molecule has 1 fully saturated rings. The van der Waals surface area contributed by atoms with Crippen LogP contribution < -0.4 is 13.8 Å².